The second kappa shape index (κ2) is 5.72. The van der Waals surface area contributed by atoms with Gasteiger partial charge in [0.2, 0.25) is 0 Å². The van der Waals surface area contributed by atoms with Crippen molar-refractivity contribution >= 4 is 26.9 Å². The normalized spacial score (nSPS) is 11.2. The van der Waals surface area contributed by atoms with Gasteiger partial charge in [-0.1, -0.05) is 0 Å². The fraction of sp³-hybridized carbons (Fsp3) is 0.143. The molecule has 0 saturated heterocycles. The maximum atomic E-state index is 13.2. The van der Waals surface area contributed by atoms with Gasteiger partial charge >= 0.3 is 0 Å². The van der Waals surface area contributed by atoms with Gasteiger partial charge in [-0.3, -0.25) is 10.1 Å². The van der Waals surface area contributed by atoms with Gasteiger partial charge in [-0.15, -0.1) is 0 Å². The Kier molecular flexibility index (Phi) is 4.14. The van der Waals surface area contributed by atoms with Crippen LogP contribution in [0.25, 0.3) is 0 Å². The molecule has 0 aromatic heterocycles. The maximum absolute atomic E-state index is 13.2. The molecular weight excluding hydrogens is 311 g/mol. The van der Waals surface area contributed by atoms with Gasteiger partial charge in [0.25, 0.3) is 5.69 Å². The Morgan fingerprint density at radius 2 is 1.86 bits per heavy atom. The van der Waals surface area contributed by atoms with Crippen molar-refractivity contribution in [1.82, 2.24) is 0 Å². The molecular formula is C14H13FN2O4S. The predicted molar refractivity (Wildman–Crippen MR) is 80.6 cm³/mol. The van der Waals surface area contributed by atoms with Crippen LogP contribution in [0, 0.1) is 22.9 Å². The number of non-ortho nitro benzene ring substituents is 1. The predicted octanol–water partition coefficient (Wildman–Crippen LogP) is 3.19. The fourth-order valence-electron chi connectivity index (χ4n) is 1.91. The van der Waals surface area contributed by atoms with Gasteiger partial charge in [-0.05, 0) is 36.8 Å². The molecule has 0 aliphatic heterocycles. The molecule has 0 aliphatic rings. The van der Waals surface area contributed by atoms with Crippen molar-refractivity contribution in [1.29, 1.82) is 0 Å². The molecule has 0 aliphatic carbocycles. The van der Waals surface area contributed by atoms with E-state index in [9.17, 15) is 22.9 Å². The highest BCUT2D eigenvalue weighted by Crippen LogP contribution is 2.29. The molecule has 0 saturated carbocycles. The number of sulfone groups is 1. The van der Waals surface area contributed by atoms with E-state index in [1.165, 1.54) is 30.3 Å². The van der Waals surface area contributed by atoms with Crippen LogP contribution in [0.1, 0.15) is 5.56 Å². The molecule has 0 heterocycles. The molecule has 2 aromatic rings. The molecule has 2 rings (SSSR count). The van der Waals surface area contributed by atoms with Gasteiger partial charge in [0.05, 0.1) is 15.5 Å². The molecule has 0 fully saturated rings. The van der Waals surface area contributed by atoms with E-state index in [2.05, 4.69) is 5.32 Å². The van der Waals surface area contributed by atoms with Crippen molar-refractivity contribution in [3.05, 3.63) is 57.9 Å². The lowest BCUT2D eigenvalue weighted by Gasteiger charge is -2.11. The Labute approximate surface area is 126 Å². The molecule has 8 heteroatoms. The van der Waals surface area contributed by atoms with Crippen molar-refractivity contribution < 1.29 is 17.7 Å². The summed E-state index contributed by atoms with van der Waals surface area (Å²) in [7, 11) is -3.67. The third kappa shape index (κ3) is 3.40. The van der Waals surface area contributed by atoms with Gasteiger partial charge < -0.3 is 5.32 Å². The van der Waals surface area contributed by atoms with E-state index < -0.39 is 14.8 Å². The molecule has 6 nitrogen and oxygen atoms in total. The third-order valence-electron chi connectivity index (χ3n) is 3.01. The fourth-order valence-corrected chi connectivity index (χ4v) is 2.77. The summed E-state index contributed by atoms with van der Waals surface area (Å²) in [6.45, 7) is 1.58. The van der Waals surface area contributed by atoms with Gasteiger partial charge in [0, 0.05) is 24.1 Å². The van der Waals surface area contributed by atoms with E-state index in [-0.39, 0.29) is 22.1 Å². The molecule has 0 atom stereocenters. The zero-order chi connectivity index (χ0) is 16.5. The number of anilines is 2. The van der Waals surface area contributed by atoms with E-state index in [1.807, 2.05) is 0 Å². The average molecular weight is 324 g/mol. The second-order valence-corrected chi connectivity index (χ2v) is 6.78. The number of nitro benzene ring substituents is 1. The smallest absolute Gasteiger partial charge is 0.270 e. The van der Waals surface area contributed by atoms with Crippen LogP contribution in [0.2, 0.25) is 0 Å². The second-order valence-electron chi connectivity index (χ2n) is 4.80. The molecule has 0 spiro atoms. The first-order valence-corrected chi connectivity index (χ1v) is 8.09. The number of hydrogen-bond acceptors (Lipinski definition) is 5. The van der Waals surface area contributed by atoms with Crippen LogP contribution in [-0.2, 0) is 9.84 Å². The first-order valence-electron chi connectivity index (χ1n) is 6.20. The molecule has 116 valence electrons. The monoisotopic (exact) mass is 324 g/mol. The van der Waals surface area contributed by atoms with E-state index in [4.69, 9.17) is 0 Å². The number of halogens is 1. The number of hydrogen-bond donors (Lipinski definition) is 1. The average Bonchev–Trinajstić information content (AvgIpc) is 2.42. The van der Waals surface area contributed by atoms with Crippen molar-refractivity contribution in [3.63, 3.8) is 0 Å². The van der Waals surface area contributed by atoms with Gasteiger partial charge in [0.15, 0.2) is 9.84 Å². The Morgan fingerprint density at radius 3 is 2.41 bits per heavy atom. The Morgan fingerprint density at radius 1 is 1.18 bits per heavy atom. The maximum Gasteiger partial charge on any atom is 0.270 e. The van der Waals surface area contributed by atoms with Gasteiger partial charge in [0.1, 0.15) is 5.82 Å². The summed E-state index contributed by atoms with van der Waals surface area (Å²) >= 11 is 0. The summed E-state index contributed by atoms with van der Waals surface area (Å²) < 4.78 is 36.9. The summed E-state index contributed by atoms with van der Waals surface area (Å²) in [6, 6.07) is 7.73. The summed E-state index contributed by atoms with van der Waals surface area (Å²) in [5.41, 5.74) is 0.755. The van der Waals surface area contributed by atoms with E-state index in [0.717, 1.165) is 12.3 Å². The summed E-state index contributed by atoms with van der Waals surface area (Å²) in [5.74, 6) is -0.377. The minimum Gasteiger partial charge on any atom is -0.354 e. The van der Waals surface area contributed by atoms with Crippen molar-refractivity contribution in [3.8, 4) is 0 Å². The number of rotatable bonds is 4. The molecule has 1 N–H and O–H groups in total. The van der Waals surface area contributed by atoms with E-state index in [1.54, 1.807) is 6.92 Å². The Bertz CT molecular complexity index is 850. The lowest BCUT2D eigenvalue weighted by Crippen LogP contribution is -2.04. The van der Waals surface area contributed by atoms with Crippen molar-refractivity contribution in [2.45, 2.75) is 11.8 Å². The molecule has 0 amide bonds. The lowest BCUT2D eigenvalue weighted by atomic mass is 10.2. The number of nitrogens with one attached hydrogen (secondary N) is 1. The van der Waals surface area contributed by atoms with Crippen molar-refractivity contribution in [2.24, 2.45) is 0 Å². The van der Waals surface area contributed by atoms with Gasteiger partial charge in [-0.25, -0.2) is 12.8 Å². The number of benzene rings is 2. The summed E-state index contributed by atoms with van der Waals surface area (Å²) in [4.78, 5) is 9.92. The third-order valence-corrected chi connectivity index (χ3v) is 4.15. The summed E-state index contributed by atoms with van der Waals surface area (Å²) in [6.07, 6.45) is 0.965. The van der Waals surface area contributed by atoms with Crippen LogP contribution in [0.4, 0.5) is 21.5 Å². The molecule has 2 aromatic carbocycles. The zero-order valence-electron chi connectivity index (χ0n) is 11.8. The largest absolute Gasteiger partial charge is 0.354 e. The number of nitrogens with zero attached hydrogens (tertiary/aromatic N) is 1. The summed E-state index contributed by atoms with van der Waals surface area (Å²) in [5, 5.41) is 13.6. The quantitative estimate of drug-likeness (QED) is 0.689. The molecule has 0 unspecified atom stereocenters. The van der Waals surface area contributed by atoms with Crippen LogP contribution < -0.4 is 5.32 Å². The SMILES string of the molecule is Cc1cc(Nc2ccc([N+](=O)[O-])cc2S(C)(=O)=O)ccc1F. The van der Waals surface area contributed by atoms with Crippen LogP contribution in [0.5, 0.6) is 0 Å². The van der Waals surface area contributed by atoms with Crippen LogP contribution in [0.3, 0.4) is 0 Å². The molecule has 22 heavy (non-hydrogen) atoms. The van der Waals surface area contributed by atoms with Crippen LogP contribution >= 0.6 is 0 Å². The van der Waals surface area contributed by atoms with E-state index >= 15 is 0 Å². The molecule has 0 radical (unpaired) electrons. The standard InChI is InChI=1S/C14H13FN2O4S/c1-9-7-10(3-5-12(9)15)16-13-6-4-11(17(18)19)8-14(13)22(2,20)21/h3-8,16H,1-2H3. The topological polar surface area (TPSA) is 89.3 Å². The highest BCUT2D eigenvalue weighted by molar-refractivity contribution is 7.90. The van der Waals surface area contributed by atoms with Crippen LogP contribution in [0.15, 0.2) is 41.3 Å². The van der Waals surface area contributed by atoms with E-state index in [0.29, 0.717) is 11.3 Å². The highest BCUT2D eigenvalue weighted by Gasteiger charge is 2.18. The highest BCUT2D eigenvalue weighted by atomic mass is 32.2. The molecule has 0 bridgehead atoms. The van der Waals surface area contributed by atoms with Crippen LogP contribution in [-0.4, -0.2) is 19.6 Å². The minimum atomic E-state index is -3.67. The zero-order valence-corrected chi connectivity index (χ0v) is 12.6. The number of nitro groups is 1. The lowest BCUT2D eigenvalue weighted by molar-refractivity contribution is -0.385. The number of aryl methyl sites for hydroxylation is 1. The Balaban J connectivity index is 2.50. The van der Waals surface area contributed by atoms with Gasteiger partial charge in [-0.2, -0.15) is 0 Å². The first kappa shape index (κ1) is 15.9. The first-order chi connectivity index (χ1) is 10.2. The van der Waals surface area contributed by atoms with Crippen molar-refractivity contribution in [2.75, 3.05) is 11.6 Å². The Hall–Kier alpha value is -2.48. The minimum absolute atomic E-state index is 0.191.